The van der Waals surface area contributed by atoms with Gasteiger partial charge in [0, 0.05) is 11.8 Å². The summed E-state index contributed by atoms with van der Waals surface area (Å²) in [5.74, 6) is 0.369. The smallest absolute Gasteiger partial charge is 0.339 e. The number of carbonyl (C=O) groups excluding carboxylic acids is 1. The number of esters is 1. The number of aryl methyl sites for hydroxylation is 2. The summed E-state index contributed by atoms with van der Waals surface area (Å²) in [6, 6.07) is 9.29. The van der Waals surface area contributed by atoms with Crippen LogP contribution in [0.2, 0.25) is 0 Å². The molecule has 6 heteroatoms. The van der Waals surface area contributed by atoms with E-state index < -0.39 is 0 Å². The number of fused-ring (bicyclic) bond motifs is 1. The Hall–Kier alpha value is -2.89. The van der Waals surface area contributed by atoms with Gasteiger partial charge >= 0.3 is 5.97 Å². The molecule has 0 aliphatic carbocycles. The Kier molecular flexibility index (Phi) is 4.20. The van der Waals surface area contributed by atoms with Gasteiger partial charge in [-0.3, -0.25) is 0 Å². The van der Waals surface area contributed by atoms with Gasteiger partial charge in [-0.25, -0.2) is 14.5 Å². The predicted molar refractivity (Wildman–Crippen MR) is 90.8 cm³/mol. The SMILES string of the molecule is CCOC(=O)c1cc(C)nc2c1c(C)nn2-c1cccc(OC)c1. The van der Waals surface area contributed by atoms with E-state index in [9.17, 15) is 4.79 Å². The maximum Gasteiger partial charge on any atom is 0.339 e. The van der Waals surface area contributed by atoms with Crippen molar-refractivity contribution < 1.29 is 14.3 Å². The van der Waals surface area contributed by atoms with Crippen LogP contribution in [0.5, 0.6) is 5.75 Å². The Balaban J connectivity index is 2.26. The van der Waals surface area contributed by atoms with Gasteiger partial charge in [-0.2, -0.15) is 5.10 Å². The first-order valence-electron chi connectivity index (χ1n) is 7.73. The molecule has 0 fully saturated rings. The summed E-state index contributed by atoms with van der Waals surface area (Å²) in [6.45, 7) is 5.82. The van der Waals surface area contributed by atoms with Crippen molar-refractivity contribution in [1.82, 2.24) is 14.8 Å². The number of hydrogen-bond acceptors (Lipinski definition) is 5. The van der Waals surface area contributed by atoms with Crippen LogP contribution >= 0.6 is 0 Å². The number of pyridine rings is 1. The van der Waals surface area contributed by atoms with Crippen LogP contribution in [0.1, 0.15) is 28.7 Å². The molecule has 2 aromatic heterocycles. The molecule has 124 valence electrons. The Morgan fingerprint density at radius 3 is 2.75 bits per heavy atom. The monoisotopic (exact) mass is 325 g/mol. The van der Waals surface area contributed by atoms with E-state index in [2.05, 4.69) is 10.1 Å². The maximum atomic E-state index is 12.3. The van der Waals surface area contributed by atoms with Gasteiger partial charge in [0.15, 0.2) is 5.65 Å². The van der Waals surface area contributed by atoms with Crippen LogP contribution in [0.3, 0.4) is 0 Å². The first-order valence-corrected chi connectivity index (χ1v) is 7.73. The molecule has 0 radical (unpaired) electrons. The molecule has 0 aliphatic rings. The molecule has 0 saturated heterocycles. The molecule has 6 nitrogen and oxygen atoms in total. The van der Waals surface area contributed by atoms with Gasteiger partial charge in [-0.05, 0) is 39.0 Å². The highest BCUT2D eigenvalue weighted by Gasteiger charge is 2.20. The summed E-state index contributed by atoms with van der Waals surface area (Å²) in [6.07, 6.45) is 0. The third kappa shape index (κ3) is 2.71. The van der Waals surface area contributed by atoms with E-state index >= 15 is 0 Å². The molecule has 0 aliphatic heterocycles. The molecular weight excluding hydrogens is 306 g/mol. The molecule has 2 heterocycles. The molecule has 0 spiro atoms. The van der Waals surface area contributed by atoms with Gasteiger partial charge < -0.3 is 9.47 Å². The average molecular weight is 325 g/mol. The summed E-state index contributed by atoms with van der Waals surface area (Å²) < 4.78 is 12.2. The van der Waals surface area contributed by atoms with Crippen LogP contribution in [-0.4, -0.2) is 34.5 Å². The minimum absolute atomic E-state index is 0.324. The second kappa shape index (κ2) is 6.31. The summed E-state index contributed by atoms with van der Waals surface area (Å²) in [5, 5.41) is 5.28. The van der Waals surface area contributed by atoms with Crippen molar-refractivity contribution in [1.29, 1.82) is 0 Å². The van der Waals surface area contributed by atoms with Crippen molar-refractivity contribution in [2.45, 2.75) is 20.8 Å². The summed E-state index contributed by atoms with van der Waals surface area (Å²) in [4.78, 5) is 16.9. The zero-order valence-corrected chi connectivity index (χ0v) is 14.2. The average Bonchev–Trinajstić information content (AvgIpc) is 2.91. The summed E-state index contributed by atoms with van der Waals surface area (Å²) in [5.41, 5.74) is 3.40. The molecule has 3 aromatic rings. The Morgan fingerprint density at radius 1 is 1.25 bits per heavy atom. The maximum absolute atomic E-state index is 12.3. The van der Waals surface area contributed by atoms with Gasteiger partial charge in [0.25, 0.3) is 0 Å². The molecule has 24 heavy (non-hydrogen) atoms. The van der Waals surface area contributed by atoms with Crippen LogP contribution in [0.4, 0.5) is 0 Å². The number of aromatic nitrogens is 3. The van der Waals surface area contributed by atoms with E-state index in [0.717, 1.165) is 22.8 Å². The Bertz CT molecular complexity index is 915. The van der Waals surface area contributed by atoms with E-state index in [1.807, 2.05) is 38.1 Å². The molecule has 0 saturated carbocycles. The fraction of sp³-hybridized carbons (Fsp3) is 0.278. The predicted octanol–water partition coefficient (Wildman–Crippen LogP) is 3.22. The molecule has 0 unspecified atom stereocenters. The lowest BCUT2D eigenvalue weighted by molar-refractivity contribution is 0.0528. The van der Waals surface area contributed by atoms with Crippen molar-refractivity contribution in [2.24, 2.45) is 0 Å². The quantitative estimate of drug-likeness (QED) is 0.689. The number of nitrogens with zero attached hydrogens (tertiary/aromatic N) is 3. The minimum Gasteiger partial charge on any atom is -0.497 e. The molecular formula is C18H19N3O3. The van der Waals surface area contributed by atoms with Crippen LogP contribution in [-0.2, 0) is 4.74 Å². The van der Waals surface area contributed by atoms with Crippen LogP contribution in [0.15, 0.2) is 30.3 Å². The highest BCUT2D eigenvalue weighted by atomic mass is 16.5. The first-order chi connectivity index (χ1) is 11.5. The topological polar surface area (TPSA) is 66.2 Å². The Labute approximate surface area is 140 Å². The van der Waals surface area contributed by atoms with Crippen LogP contribution in [0, 0.1) is 13.8 Å². The molecule has 0 atom stereocenters. The zero-order chi connectivity index (χ0) is 17.3. The number of benzene rings is 1. The fourth-order valence-electron chi connectivity index (χ4n) is 2.71. The lowest BCUT2D eigenvalue weighted by atomic mass is 10.1. The van der Waals surface area contributed by atoms with Crippen LogP contribution < -0.4 is 4.74 Å². The van der Waals surface area contributed by atoms with Crippen molar-refractivity contribution >= 4 is 17.0 Å². The third-order valence-corrected chi connectivity index (χ3v) is 3.73. The number of hydrogen-bond donors (Lipinski definition) is 0. The van der Waals surface area contributed by atoms with Crippen molar-refractivity contribution in [3.8, 4) is 11.4 Å². The summed E-state index contributed by atoms with van der Waals surface area (Å²) in [7, 11) is 1.62. The lowest BCUT2D eigenvalue weighted by Gasteiger charge is -2.07. The minimum atomic E-state index is -0.360. The zero-order valence-electron chi connectivity index (χ0n) is 14.2. The normalized spacial score (nSPS) is 10.8. The molecule has 0 bridgehead atoms. The van der Waals surface area contributed by atoms with E-state index in [-0.39, 0.29) is 5.97 Å². The standard InChI is InChI=1S/C18H19N3O3/c1-5-24-18(22)15-9-11(2)19-17-16(15)12(3)20-21(17)13-7-6-8-14(10-13)23-4/h6-10H,5H2,1-4H3. The second-order valence-electron chi connectivity index (χ2n) is 5.43. The van der Waals surface area contributed by atoms with Gasteiger partial charge in [0.2, 0.25) is 0 Å². The highest BCUT2D eigenvalue weighted by Crippen LogP contribution is 2.26. The first kappa shape index (κ1) is 16.0. The van der Waals surface area contributed by atoms with E-state index in [4.69, 9.17) is 9.47 Å². The van der Waals surface area contributed by atoms with Gasteiger partial charge in [0.1, 0.15) is 5.75 Å². The van der Waals surface area contributed by atoms with E-state index in [1.54, 1.807) is 24.8 Å². The fourth-order valence-corrected chi connectivity index (χ4v) is 2.71. The van der Waals surface area contributed by atoms with Gasteiger partial charge in [-0.15, -0.1) is 0 Å². The second-order valence-corrected chi connectivity index (χ2v) is 5.43. The molecule has 0 N–H and O–H groups in total. The van der Waals surface area contributed by atoms with E-state index in [0.29, 0.717) is 23.2 Å². The third-order valence-electron chi connectivity index (χ3n) is 3.73. The largest absolute Gasteiger partial charge is 0.497 e. The number of carbonyl (C=O) groups is 1. The number of methoxy groups -OCH3 is 1. The van der Waals surface area contributed by atoms with E-state index in [1.165, 1.54) is 0 Å². The highest BCUT2D eigenvalue weighted by molar-refractivity contribution is 6.04. The van der Waals surface area contributed by atoms with Crippen molar-refractivity contribution in [3.63, 3.8) is 0 Å². The number of rotatable bonds is 4. The van der Waals surface area contributed by atoms with Crippen LogP contribution in [0.25, 0.3) is 16.7 Å². The number of ether oxygens (including phenoxy) is 2. The van der Waals surface area contributed by atoms with Crippen molar-refractivity contribution in [3.05, 3.63) is 47.3 Å². The lowest BCUT2D eigenvalue weighted by Crippen LogP contribution is -2.07. The Morgan fingerprint density at radius 2 is 2.04 bits per heavy atom. The summed E-state index contributed by atoms with van der Waals surface area (Å²) >= 11 is 0. The van der Waals surface area contributed by atoms with Crippen molar-refractivity contribution in [2.75, 3.05) is 13.7 Å². The van der Waals surface area contributed by atoms with Gasteiger partial charge in [0.05, 0.1) is 36.0 Å². The molecule has 1 aromatic carbocycles. The van der Waals surface area contributed by atoms with Gasteiger partial charge in [-0.1, -0.05) is 6.07 Å². The molecule has 3 rings (SSSR count). The molecule has 0 amide bonds.